The van der Waals surface area contributed by atoms with Gasteiger partial charge in [0, 0.05) is 29.5 Å². The van der Waals surface area contributed by atoms with E-state index >= 15 is 0 Å². The van der Waals surface area contributed by atoms with Crippen LogP contribution in [0.5, 0.6) is 0 Å². The number of fused-ring (bicyclic) bond motifs is 1. The van der Waals surface area contributed by atoms with Gasteiger partial charge >= 0.3 is 0 Å². The lowest BCUT2D eigenvalue weighted by Gasteiger charge is -2.39. The summed E-state index contributed by atoms with van der Waals surface area (Å²) in [6.45, 7) is 0. The fraction of sp³-hybridized carbons (Fsp3) is 0.571. The lowest BCUT2D eigenvalue weighted by atomic mass is 9.69. The van der Waals surface area contributed by atoms with Crippen LogP contribution in [-0.2, 0) is 11.2 Å². The Kier molecular flexibility index (Phi) is 5.77. The molecule has 5 nitrogen and oxygen atoms in total. The first-order valence-electron chi connectivity index (χ1n) is 10.1. The summed E-state index contributed by atoms with van der Waals surface area (Å²) in [5.41, 5.74) is 0.850. The van der Waals surface area contributed by atoms with Crippen molar-refractivity contribution in [3.05, 3.63) is 35.2 Å². The zero-order chi connectivity index (χ0) is 18.6. The molecule has 6 heteroatoms. The maximum absolute atomic E-state index is 12.3. The van der Waals surface area contributed by atoms with Crippen LogP contribution in [0.2, 0.25) is 5.02 Å². The summed E-state index contributed by atoms with van der Waals surface area (Å²) in [6.07, 6.45) is 9.86. The minimum atomic E-state index is 0.0838. The Hall–Kier alpha value is -1.88. The number of amides is 1. The van der Waals surface area contributed by atoms with Crippen molar-refractivity contribution < 1.29 is 9.32 Å². The molecule has 27 heavy (non-hydrogen) atoms. The van der Waals surface area contributed by atoms with Gasteiger partial charge in [0.05, 0.1) is 0 Å². The van der Waals surface area contributed by atoms with Crippen LogP contribution < -0.4 is 5.32 Å². The number of nitrogens with one attached hydrogen (secondary N) is 1. The molecule has 1 amide bonds. The minimum Gasteiger partial charge on any atom is -0.353 e. The van der Waals surface area contributed by atoms with E-state index in [0.717, 1.165) is 30.2 Å². The van der Waals surface area contributed by atoms with Crippen molar-refractivity contribution in [2.24, 2.45) is 11.8 Å². The largest absolute Gasteiger partial charge is 0.353 e. The van der Waals surface area contributed by atoms with Crippen LogP contribution in [0.25, 0.3) is 11.4 Å². The van der Waals surface area contributed by atoms with Crippen LogP contribution in [-0.4, -0.2) is 22.1 Å². The maximum atomic E-state index is 12.3. The average Bonchev–Trinajstić information content (AvgIpc) is 3.16. The van der Waals surface area contributed by atoms with E-state index in [1.54, 1.807) is 12.1 Å². The average molecular weight is 388 g/mol. The van der Waals surface area contributed by atoms with Gasteiger partial charge in [0.2, 0.25) is 17.6 Å². The first kappa shape index (κ1) is 18.5. The molecule has 0 aliphatic heterocycles. The molecule has 0 bridgehead atoms. The molecule has 0 spiro atoms. The molecular weight excluding hydrogens is 362 g/mol. The molecule has 1 aromatic carbocycles. The van der Waals surface area contributed by atoms with Crippen LogP contribution in [0.4, 0.5) is 0 Å². The molecule has 144 valence electrons. The zero-order valence-corrected chi connectivity index (χ0v) is 16.3. The number of carbonyl (C=O) groups excluding carboxylic acids is 1. The Labute approximate surface area is 164 Å². The normalized spacial score (nSPS) is 25.0. The molecule has 0 radical (unpaired) electrons. The third kappa shape index (κ3) is 4.70. The molecule has 4 rings (SSSR count). The van der Waals surface area contributed by atoms with Crippen molar-refractivity contribution in [2.75, 3.05) is 0 Å². The number of carbonyl (C=O) groups is 1. The standard InChI is InChI=1S/C21H26ClN3O2/c22-17-8-5-15(6-9-17)21-24-20(27-25-21)12-11-19(26)23-18-10-7-14-3-1-2-4-16(14)13-18/h5-6,8-9,14,16,18H,1-4,7,10-13H2,(H,23,26). The van der Waals surface area contributed by atoms with Gasteiger partial charge in [-0.3, -0.25) is 4.79 Å². The van der Waals surface area contributed by atoms with Gasteiger partial charge in [-0.25, -0.2) is 0 Å². The predicted octanol–water partition coefficient (Wildman–Crippen LogP) is 4.80. The van der Waals surface area contributed by atoms with Gasteiger partial charge in [-0.2, -0.15) is 4.98 Å². The molecule has 2 aliphatic carbocycles. The van der Waals surface area contributed by atoms with Gasteiger partial charge in [-0.15, -0.1) is 0 Å². The molecule has 1 aromatic heterocycles. The van der Waals surface area contributed by atoms with E-state index < -0.39 is 0 Å². The lowest BCUT2D eigenvalue weighted by Crippen LogP contribution is -2.41. The molecule has 0 saturated heterocycles. The second kappa shape index (κ2) is 8.42. The van der Waals surface area contributed by atoms with Crippen molar-refractivity contribution >= 4 is 17.5 Å². The van der Waals surface area contributed by atoms with Crippen molar-refractivity contribution in [1.82, 2.24) is 15.5 Å². The second-order valence-corrected chi connectivity index (χ2v) is 8.34. The van der Waals surface area contributed by atoms with Gasteiger partial charge in [-0.05, 0) is 55.4 Å². The summed E-state index contributed by atoms with van der Waals surface area (Å²) in [5.74, 6) is 2.82. The SMILES string of the molecule is O=C(CCc1nc(-c2ccc(Cl)cc2)no1)NC1CCC2CCCCC2C1. The molecule has 2 aromatic rings. The third-order valence-electron chi connectivity index (χ3n) is 6.04. The van der Waals surface area contributed by atoms with Crippen molar-refractivity contribution in [3.8, 4) is 11.4 Å². The quantitative estimate of drug-likeness (QED) is 0.800. The highest BCUT2D eigenvalue weighted by atomic mass is 35.5. The smallest absolute Gasteiger partial charge is 0.227 e. The topological polar surface area (TPSA) is 68.0 Å². The molecule has 2 aliphatic rings. The number of hydrogen-bond donors (Lipinski definition) is 1. The van der Waals surface area contributed by atoms with E-state index in [0.29, 0.717) is 35.6 Å². The van der Waals surface area contributed by atoms with Crippen LogP contribution in [0.1, 0.15) is 57.3 Å². The number of aromatic nitrogens is 2. The molecule has 2 saturated carbocycles. The highest BCUT2D eigenvalue weighted by Crippen LogP contribution is 2.40. The molecular formula is C21H26ClN3O2. The number of benzene rings is 1. The van der Waals surface area contributed by atoms with Crippen LogP contribution >= 0.6 is 11.6 Å². The van der Waals surface area contributed by atoms with E-state index in [-0.39, 0.29) is 5.91 Å². The first-order chi connectivity index (χ1) is 13.2. The number of aryl methyl sites for hydroxylation is 1. The van der Waals surface area contributed by atoms with Gasteiger partial charge < -0.3 is 9.84 Å². The van der Waals surface area contributed by atoms with Crippen molar-refractivity contribution in [2.45, 2.75) is 63.8 Å². The molecule has 1 heterocycles. The highest BCUT2D eigenvalue weighted by molar-refractivity contribution is 6.30. The summed E-state index contributed by atoms with van der Waals surface area (Å²) in [7, 11) is 0. The van der Waals surface area contributed by atoms with Crippen LogP contribution in [0.3, 0.4) is 0 Å². The molecule has 3 unspecified atom stereocenters. The van der Waals surface area contributed by atoms with E-state index in [9.17, 15) is 4.79 Å². The van der Waals surface area contributed by atoms with E-state index in [4.69, 9.17) is 16.1 Å². The Morgan fingerprint density at radius 3 is 2.70 bits per heavy atom. The maximum Gasteiger partial charge on any atom is 0.227 e. The van der Waals surface area contributed by atoms with E-state index in [1.165, 1.54) is 32.1 Å². The van der Waals surface area contributed by atoms with Gasteiger partial charge in [-0.1, -0.05) is 42.4 Å². The predicted molar refractivity (Wildman–Crippen MR) is 104 cm³/mol. The summed E-state index contributed by atoms with van der Waals surface area (Å²) < 4.78 is 5.29. The van der Waals surface area contributed by atoms with Crippen LogP contribution in [0, 0.1) is 11.8 Å². The molecule has 2 fully saturated rings. The van der Waals surface area contributed by atoms with E-state index in [2.05, 4.69) is 15.5 Å². The monoisotopic (exact) mass is 387 g/mol. The van der Waals surface area contributed by atoms with Crippen LogP contribution in [0.15, 0.2) is 28.8 Å². The van der Waals surface area contributed by atoms with Crippen molar-refractivity contribution in [3.63, 3.8) is 0 Å². The Morgan fingerprint density at radius 2 is 1.89 bits per heavy atom. The summed E-state index contributed by atoms with van der Waals surface area (Å²) in [4.78, 5) is 16.7. The highest BCUT2D eigenvalue weighted by Gasteiger charge is 2.32. The number of halogens is 1. The lowest BCUT2D eigenvalue weighted by molar-refractivity contribution is -0.122. The van der Waals surface area contributed by atoms with E-state index in [1.807, 2.05) is 12.1 Å². The fourth-order valence-corrected chi connectivity index (χ4v) is 4.72. The summed E-state index contributed by atoms with van der Waals surface area (Å²) in [5, 5.41) is 7.89. The molecule has 3 atom stereocenters. The summed E-state index contributed by atoms with van der Waals surface area (Å²) >= 11 is 5.90. The summed E-state index contributed by atoms with van der Waals surface area (Å²) in [6, 6.07) is 7.63. The minimum absolute atomic E-state index is 0.0838. The number of rotatable bonds is 5. The Bertz CT molecular complexity index is 774. The second-order valence-electron chi connectivity index (χ2n) is 7.90. The zero-order valence-electron chi connectivity index (χ0n) is 15.5. The molecule has 1 N–H and O–H groups in total. The number of hydrogen-bond acceptors (Lipinski definition) is 4. The Balaban J connectivity index is 1.25. The van der Waals surface area contributed by atoms with Gasteiger partial charge in [0.15, 0.2) is 0 Å². The van der Waals surface area contributed by atoms with Gasteiger partial charge in [0.1, 0.15) is 0 Å². The third-order valence-corrected chi connectivity index (χ3v) is 6.29. The fourth-order valence-electron chi connectivity index (χ4n) is 4.60. The first-order valence-corrected chi connectivity index (χ1v) is 10.4. The van der Waals surface area contributed by atoms with Gasteiger partial charge in [0.25, 0.3) is 0 Å². The Morgan fingerprint density at radius 1 is 1.11 bits per heavy atom. The van der Waals surface area contributed by atoms with Crippen molar-refractivity contribution in [1.29, 1.82) is 0 Å². The number of nitrogens with zero attached hydrogens (tertiary/aromatic N) is 2.